The Kier molecular flexibility index (Phi) is 6.48. The van der Waals surface area contributed by atoms with Crippen LogP contribution in [0, 0.1) is 6.92 Å². The Morgan fingerprint density at radius 3 is 2.74 bits per heavy atom. The number of nitrogens with zero attached hydrogens (tertiary/aromatic N) is 2. The normalized spacial score (nSPS) is 18.0. The van der Waals surface area contributed by atoms with Gasteiger partial charge in [0.25, 0.3) is 0 Å². The van der Waals surface area contributed by atoms with Crippen LogP contribution in [0.3, 0.4) is 0 Å². The average Bonchev–Trinajstić information content (AvgIpc) is 3.35. The van der Waals surface area contributed by atoms with Gasteiger partial charge in [-0.15, -0.1) is 11.3 Å². The minimum Gasteiger partial charge on any atom is -0.495 e. The molecule has 0 unspecified atom stereocenters. The van der Waals surface area contributed by atoms with E-state index in [0.717, 1.165) is 5.69 Å². The standard InChI is InChI=1S/C23H24N4O2S2/c1-15-10-11-19(31-15)22-21(17-8-5-6-13-24-17)26-23(30)27(22)14-12-20(28)25-16-7-3-4-9-18(16)29-2/h3-11,13,21-22H,12,14H2,1-2H3,(H,25,28)(H,26,30)/t21-,22+/m0/s1. The van der Waals surface area contributed by atoms with E-state index in [1.807, 2.05) is 42.5 Å². The van der Waals surface area contributed by atoms with Crippen LogP contribution in [0.4, 0.5) is 5.69 Å². The van der Waals surface area contributed by atoms with Gasteiger partial charge >= 0.3 is 0 Å². The molecule has 0 aliphatic carbocycles. The monoisotopic (exact) mass is 452 g/mol. The molecule has 0 radical (unpaired) electrons. The van der Waals surface area contributed by atoms with Crippen LogP contribution < -0.4 is 15.4 Å². The summed E-state index contributed by atoms with van der Waals surface area (Å²) in [6.07, 6.45) is 2.09. The van der Waals surface area contributed by atoms with Crippen LogP contribution >= 0.6 is 23.6 Å². The van der Waals surface area contributed by atoms with Crippen LogP contribution in [0.15, 0.2) is 60.8 Å². The number of anilines is 1. The van der Waals surface area contributed by atoms with Gasteiger partial charge in [0.05, 0.1) is 30.6 Å². The van der Waals surface area contributed by atoms with E-state index >= 15 is 0 Å². The van der Waals surface area contributed by atoms with Gasteiger partial charge in [0.1, 0.15) is 5.75 Å². The molecule has 1 amide bonds. The summed E-state index contributed by atoms with van der Waals surface area (Å²) in [5.74, 6) is 0.547. The fraction of sp³-hybridized carbons (Fsp3) is 0.261. The fourth-order valence-electron chi connectivity index (χ4n) is 3.75. The van der Waals surface area contributed by atoms with Crippen molar-refractivity contribution >= 4 is 40.3 Å². The Morgan fingerprint density at radius 2 is 2.03 bits per heavy atom. The van der Waals surface area contributed by atoms with Crippen LogP contribution in [-0.2, 0) is 4.79 Å². The van der Waals surface area contributed by atoms with Crippen molar-refractivity contribution in [2.24, 2.45) is 0 Å². The zero-order valence-electron chi connectivity index (χ0n) is 17.4. The molecule has 1 aliphatic rings. The zero-order valence-corrected chi connectivity index (χ0v) is 19.0. The number of para-hydroxylation sites is 2. The van der Waals surface area contributed by atoms with Crippen molar-refractivity contribution in [1.82, 2.24) is 15.2 Å². The van der Waals surface area contributed by atoms with E-state index in [1.165, 1.54) is 9.75 Å². The van der Waals surface area contributed by atoms with Crippen molar-refractivity contribution in [3.63, 3.8) is 0 Å². The van der Waals surface area contributed by atoms with E-state index in [0.29, 0.717) is 29.5 Å². The SMILES string of the molecule is COc1ccccc1NC(=O)CCN1C(=S)N[C@@H](c2ccccn2)[C@H]1c1ccc(C)s1. The molecule has 6 nitrogen and oxygen atoms in total. The summed E-state index contributed by atoms with van der Waals surface area (Å²) in [4.78, 5) is 21.8. The number of amides is 1. The lowest BCUT2D eigenvalue weighted by molar-refractivity contribution is -0.116. The van der Waals surface area contributed by atoms with Crippen LogP contribution in [0.1, 0.15) is 34.0 Å². The first-order valence-electron chi connectivity index (χ1n) is 10.0. The molecular formula is C23H24N4O2S2. The van der Waals surface area contributed by atoms with E-state index in [9.17, 15) is 4.79 Å². The lowest BCUT2D eigenvalue weighted by atomic mass is 10.0. The average molecular weight is 453 g/mol. The highest BCUT2D eigenvalue weighted by Gasteiger charge is 2.40. The Balaban J connectivity index is 1.52. The molecule has 1 fully saturated rings. The van der Waals surface area contributed by atoms with Crippen molar-refractivity contribution in [3.05, 3.63) is 76.2 Å². The largest absolute Gasteiger partial charge is 0.495 e. The Hall–Kier alpha value is -2.97. The highest BCUT2D eigenvalue weighted by atomic mass is 32.1. The summed E-state index contributed by atoms with van der Waals surface area (Å²) in [5, 5.41) is 6.99. The van der Waals surface area contributed by atoms with Gasteiger partial charge in [-0.25, -0.2) is 0 Å². The summed E-state index contributed by atoms with van der Waals surface area (Å²) >= 11 is 7.41. The van der Waals surface area contributed by atoms with E-state index in [2.05, 4.69) is 39.6 Å². The Morgan fingerprint density at radius 1 is 1.23 bits per heavy atom. The molecule has 3 heterocycles. The number of aromatic nitrogens is 1. The number of benzene rings is 1. The first-order valence-corrected chi connectivity index (χ1v) is 11.3. The molecule has 0 bridgehead atoms. The number of nitrogens with one attached hydrogen (secondary N) is 2. The van der Waals surface area contributed by atoms with Crippen molar-refractivity contribution in [3.8, 4) is 5.75 Å². The number of hydrogen-bond donors (Lipinski definition) is 2. The first kappa shape index (κ1) is 21.3. The molecule has 3 aromatic rings. The van der Waals surface area contributed by atoms with Crippen molar-refractivity contribution in [1.29, 1.82) is 0 Å². The molecule has 2 atom stereocenters. The maximum absolute atomic E-state index is 12.7. The van der Waals surface area contributed by atoms with Crippen molar-refractivity contribution < 1.29 is 9.53 Å². The second-order valence-electron chi connectivity index (χ2n) is 7.27. The molecule has 0 saturated carbocycles. The highest BCUT2D eigenvalue weighted by Crippen LogP contribution is 2.41. The van der Waals surface area contributed by atoms with E-state index in [4.69, 9.17) is 17.0 Å². The molecule has 1 saturated heterocycles. The predicted octanol–water partition coefficient (Wildman–Crippen LogP) is 4.46. The molecule has 1 aromatic carbocycles. The summed E-state index contributed by atoms with van der Waals surface area (Å²) in [5.41, 5.74) is 1.59. The number of aryl methyl sites for hydroxylation is 1. The van der Waals surface area contributed by atoms with E-state index in [-0.39, 0.29) is 18.0 Å². The topological polar surface area (TPSA) is 66.5 Å². The number of carbonyl (C=O) groups excluding carboxylic acids is 1. The van der Waals surface area contributed by atoms with Gasteiger partial charge in [0.2, 0.25) is 5.91 Å². The van der Waals surface area contributed by atoms with E-state index in [1.54, 1.807) is 24.6 Å². The second-order valence-corrected chi connectivity index (χ2v) is 8.97. The molecule has 2 aromatic heterocycles. The molecule has 8 heteroatoms. The number of hydrogen-bond acceptors (Lipinski definition) is 5. The highest BCUT2D eigenvalue weighted by molar-refractivity contribution is 7.80. The molecule has 31 heavy (non-hydrogen) atoms. The van der Waals surface area contributed by atoms with Crippen LogP contribution in [0.2, 0.25) is 0 Å². The minimum absolute atomic E-state index is 0.0137. The molecule has 0 spiro atoms. The van der Waals surface area contributed by atoms with Gasteiger partial charge in [0, 0.05) is 28.9 Å². The zero-order chi connectivity index (χ0) is 21.8. The smallest absolute Gasteiger partial charge is 0.226 e. The predicted molar refractivity (Wildman–Crippen MR) is 127 cm³/mol. The van der Waals surface area contributed by atoms with Gasteiger partial charge in [0.15, 0.2) is 5.11 Å². The number of rotatable bonds is 7. The Bertz CT molecular complexity index is 1070. The van der Waals surface area contributed by atoms with Gasteiger partial charge in [-0.3, -0.25) is 9.78 Å². The number of pyridine rings is 1. The molecule has 2 N–H and O–H groups in total. The van der Waals surface area contributed by atoms with E-state index < -0.39 is 0 Å². The van der Waals surface area contributed by atoms with Gasteiger partial charge in [-0.1, -0.05) is 18.2 Å². The summed E-state index contributed by atoms with van der Waals surface area (Å²) in [6.45, 7) is 2.59. The summed E-state index contributed by atoms with van der Waals surface area (Å²) in [7, 11) is 1.59. The van der Waals surface area contributed by atoms with Gasteiger partial charge in [-0.05, 0) is 55.5 Å². The maximum atomic E-state index is 12.7. The van der Waals surface area contributed by atoms with Crippen LogP contribution in [0.5, 0.6) is 5.75 Å². The third kappa shape index (κ3) is 4.70. The Labute approximate surface area is 191 Å². The van der Waals surface area contributed by atoms with Crippen molar-refractivity contribution in [2.45, 2.75) is 25.4 Å². The number of carbonyl (C=O) groups is 1. The lowest BCUT2D eigenvalue weighted by Gasteiger charge is -2.26. The maximum Gasteiger partial charge on any atom is 0.226 e. The molecule has 160 valence electrons. The quantitative estimate of drug-likeness (QED) is 0.516. The third-order valence-corrected chi connectivity index (χ3v) is 6.63. The number of ether oxygens (including phenoxy) is 1. The third-order valence-electron chi connectivity index (χ3n) is 5.21. The fourth-order valence-corrected chi connectivity index (χ4v) is 5.11. The van der Waals surface area contributed by atoms with Gasteiger partial charge in [-0.2, -0.15) is 0 Å². The summed E-state index contributed by atoms with van der Waals surface area (Å²) < 4.78 is 5.32. The van der Waals surface area contributed by atoms with Crippen LogP contribution in [0.25, 0.3) is 0 Å². The molecule has 1 aliphatic heterocycles. The summed E-state index contributed by atoms with van der Waals surface area (Å²) in [6, 6.07) is 17.4. The van der Waals surface area contributed by atoms with Crippen LogP contribution in [-0.4, -0.2) is 34.6 Å². The number of methoxy groups -OCH3 is 1. The van der Waals surface area contributed by atoms with Gasteiger partial charge < -0.3 is 20.3 Å². The number of thiocarbonyl (C=S) groups is 1. The number of thiophene rings is 1. The second kappa shape index (κ2) is 9.45. The lowest BCUT2D eigenvalue weighted by Crippen LogP contribution is -2.32. The minimum atomic E-state index is -0.0882. The molecule has 4 rings (SSSR count). The van der Waals surface area contributed by atoms with Crippen molar-refractivity contribution in [2.75, 3.05) is 19.0 Å². The first-order chi connectivity index (χ1) is 15.1. The molecular weight excluding hydrogens is 428 g/mol.